The third-order valence-corrected chi connectivity index (χ3v) is 4.53. The Morgan fingerprint density at radius 1 is 0.711 bits per heavy atom. The molecule has 2 aromatic rings. The van der Waals surface area contributed by atoms with Gasteiger partial charge in [0.15, 0.2) is 0 Å². The van der Waals surface area contributed by atoms with Crippen LogP contribution in [-0.2, 0) is 28.5 Å². The summed E-state index contributed by atoms with van der Waals surface area (Å²) in [4.78, 5) is 46.0. The molecule has 38 heavy (non-hydrogen) atoms. The molecule has 0 bridgehead atoms. The summed E-state index contributed by atoms with van der Waals surface area (Å²) in [6.07, 6.45) is 0.787. The Morgan fingerprint density at radius 2 is 1.29 bits per heavy atom. The van der Waals surface area contributed by atoms with Crippen LogP contribution in [0.15, 0.2) is 61.7 Å². The number of nitrogens with one attached hydrogen (secondary N) is 2. The van der Waals surface area contributed by atoms with Gasteiger partial charge in [-0.3, -0.25) is 0 Å². The minimum atomic E-state index is -0.668. The van der Waals surface area contributed by atoms with Gasteiger partial charge in [0.05, 0.1) is 26.4 Å². The highest BCUT2D eigenvalue weighted by Crippen LogP contribution is 2.29. The molecule has 2 rings (SSSR count). The quantitative estimate of drug-likeness (QED) is 0.188. The van der Waals surface area contributed by atoms with Crippen LogP contribution in [0.4, 0.5) is 9.59 Å². The van der Waals surface area contributed by atoms with Gasteiger partial charge in [0.25, 0.3) is 0 Å². The summed E-state index contributed by atoms with van der Waals surface area (Å²) in [7, 11) is 0. The molecule has 204 valence electrons. The van der Waals surface area contributed by atoms with Crippen molar-refractivity contribution >= 4 is 34.9 Å². The van der Waals surface area contributed by atoms with E-state index in [0.29, 0.717) is 22.3 Å². The van der Waals surface area contributed by atoms with Crippen molar-refractivity contribution in [1.82, 2.24) is 10.6 Å². The third-order valence-electron chi connectivity index (χ3n) is 4.53. The molecule has 0 aromatic heterocycles. The van der Waals surface area contributed by atoms with E-state index in [1.54, 1.807) is 36.4 Å². The number of rotatable bonds is 16. The van der Waals surface area contributed by atoms with Gasteiger partial charge in [-0.2, -0.15) is 0 Å². The predicted octanol–water partition coefficient (Wildman–Crippen LogP) is 2.51. The summed E-state index contributed by atoms with van der Waals surface area (Å²) < 4.78 is 30.7. The largest absolute Gasteiger partial charge is 0.460 e. The van der Waals surface area contributed by atoms with Crippen molar-refractivity contribution in [1.29, 1.82) is 0 Å². The van der Waals surface area contributed by atoms with Crippen LogP contribution in [-0.4, -0.2) is 76.9 Å². The van der Waals surface area contributed by atoms with Crippen molar-refractivity contribution in [2.45, 2.75) is 0 Å². The number of amides is 2. The van der Waals surface area contributed by atoms with Crippen LogP contribution in [0.1, 0.15) is 0 Å². The maximum Gasteiger partial charge on any atom is 0.412 e. The zero-order valence-corrected chi connectivity index (χ0v) is 20.8. The number of esters is 2. The molecule has 0 saturated carbocycles. The van der Waals surface area contributed by atoms with Crippen LogP contribution in [0.3, 0.4) is 0 Å². The van der Waals surface area contributed by atoms with Gasteiger partial charge >= 0.3 is 24.1 Å². The Balaban J connectivity index is 1.72. The van der Waals surface area contributed by atoms with E-state index in [1.165, 1.54) is 0 Å². The van der Waals surface area contributed by atoms with E-state index in [2.05, 4.69) is 23.8 Å². The zero-order chi connectivity index (χ0) is 27.6. The van der Waals surface area contributed by atoms with Crippen molar-refractivity contribution in [2.75, 3.05) is 52.7 Å². The fourth-order valence-corrected chi connectivity index (χ4v) is 2.84. The molecule has 0 radical (unpaired) electrons. The lowest BCUT2D eigenvalue weighted by molar-refractivity contribution is -0.140. The summed E-state index contributed by atoms with van der Waals surface area (Å²) in [5.74, 6) is -0.443. The molecule has 0 spiro atoms. The molecule has 0 aliphatic heterocycles. The number of carbonyl (C=O) groups excluding carboxylic acids is 4. The van der Waals surface area contributed by atoms with E-state index in [1.807, 2.05) is 0 Å². The van der Waals surface area contributed by atoms with Gasteiger partial charge in [-0.1, -0.05) is 25.3 Å². The summed E-state index contributed by atoms with van der Waals surface area (Å²) in [6.45, 7) is 7.92. The van der Waals surface area contributed by atoms with Gasteiger partial charge in [0.2, 0.25) is 0 Å². The monoisotopic (exact) mass is 530 g/mol. The molecule has 0 saturated heterocycles. The lowest BCUT2D eigenvalue weighted by Gasteiger charge is -2.11. The molecule has 0 atom stereocenters. The van der Waals surface area contributed by atoms with Crippen LogP contribution in [0, 0.1) is 0 Å². The first-order chi connectivity index (χ1) is 18.4. The smallest absolute Gasteiger partial charge is 0.412 e. The summed E-state index contributed by atoms with van der Waals surface area (Å²) in [5.41, 5.74) is 0. The Hall–Kier alpha value is -4.42. The van der Waals surface area contributed by atoms with Gasteiger partial charge in [0.1, 0.15) is 24.7 Å². The second-order valence-electron chi connectivity index (χ2n) is 7.24. The van der Waals surface area contributed by atoms with Gasteiger partial charge in [-0.25, -0.2) is 19.2 Å². The molecule has 2 amide bonds. The molecule has 0 aliphatic rings. The Labute approximate surface area is 219 Å². The molecule has 2 N–H and O–H groups in total. The Kier molecular flexibility index (Phi) is 13.4. The zero-order valence-electron chi connectivity index (χ0n) is 20.8. The van der Waals surface area contributed by atoms with Gasteiger partial charge in [0, 0.05) is 30.6 Å². The van der Waals surface area contributed by atoms with Gasteiger partial charge in [-0.05, 0) is 29.7 Å². The minimum absolute atomic E-state index is 0.0870. The molecule has 0 fully saturated rings. The Bertz CT molecular complexity index is 1120. The normalized spacial score (nSPS) is 10.2. The highest BCUT2D eigenvalue weighted by Gasteiger charge is 2.10. The first-order valence-corrected chi connectivity index (χ1v) is 11.6. The van der Waals surface area contributed by atoms with Crippen LogP contribution in [0.2, 0.25) is 0 Å². The maximum atomic E-state index is 12.1. The number of benzene rings is 2. The summed E-state index contributed by atoms with van der Waals surface area (Å²) in [5, 5.41) is 6.44. The summed E-state index contributed by atoms with van der Waals surface area (Å²) in [6, 6.07) is 10.00. The molecule has 0 unspecified atom stereocenters. The summed E-state index contributed by atoms with van der Waals surface area (Å²) >= 11 is 0. The second kappa shape index (κ2) is 17.1. The number of ether oxygens (including phenoxy) is 6. The second-order valence-corrected chi connectivity index (χ2v) is 7.24. The minimum Gasteiger partial charge on any atom is -0.460 e. The molecule has 12 heteroatoms. The molecule has 0 aliphatic carbocycles. The van der Waals surface area contributed by atoms with Crippen LogP contribution in [0.25, 0.3) is 10.8 Å². The van der Waals surface area contributed by atoms with Crippen LogP contribution >= 0.6 is 0 Å². The highest BCUT2D eigenvalue weighted by molar-refractivity contribution is 5.91. The average Bonchev–Trinajstić information content (AvgIpc) is 2.91. The van der Waals surface area contributed by atoms with E-state index in [-0.39, 0.29) is 52.7 Å². The van der Waals surface area contributed by atoms with Gasteiger partial charge in [-0.15, -0.1) is 0 Å². The first-order valence-electron chi connectivity index (χ1n) is 11.6. The van der Waals surface area contributed by atoms with E-state index < -0.39 is 24.1 Å². The van der Waals surface area contributed by atoms with Gasteiger partial charge < -0.3 is 39.1 Å². The van der Waals surface area contributed by atoms with E-state index in [9.17, 15) is 19.2 Å². The standard InChI is InChI=1S/C26H30N2O10/c1-3-23(29)35-16-14-33-12-10-27-25(31)37-20-8-9-21-19(18-20)6-5-7-22(21)38-26(32)28-11-13-34-15-17-36-24(30)4-2/h3-9,18H,1-2,10-17H2,(H,27,31)(H,28,32). The number of hydrogen-bond acceptors (Lipinski definition) is 10. The van der Waals surface area contributed by atoms with E-state index in [4.69, 9.17) is 28.4 Å². The first kappa shape index (κ1) is 29.8. The van der Waals surface area contributed by atoms with Crippen molar-refractivity contribution in [3.63, 3.8) is 0 Å². The predicted molar refractivity (Wildman–Crippen MR) is 136 cm³/mol. The average molecular weight is 531 g/mol. The highest BCUT2D eigenvalue weighted by atomic mass is 16.6. The topological polar surface area (TPSA) is 148 Å². The molecule has 2 aromatic carbocycles. The fraction of sp³-hybridized carbons (Fsp3) is 0.308. The number of carbonyl (C=O) groups is 4. The van der Waals surface area contributed by atoms with Crippen LogP contribution < -0.4 is 20.1 Å². The van der Waals surface area contributed by atoms with E-state index >= 15 is 0 Å². The molecular formula is C26H30N2O10. The van der Waals surface area contributed by atoms with E-state index in [0.717, 1.165) is 12.2 Å². The lowest BCUT2D eigenvalue weighted by Crippen LogP contribution is -2.30. The molecule has 12 nitrogen and oxygen atoms in total. The van der Waals surface area contributed by atoms with Crippen molar-refractivity contribution in [3.05, 3.63) is 61.7 Å². The number of fused-ring (bicyclic) bond motifs is 1. The molecule has 0 heterocycles. The lowest BCUT2D eigenvalue weighted by atomic mass is 10.1. The van der Waals surface area contributed by atoms with Crippen LogP contribution in [0.5, 0.6) is 11.5 Å². The van der Waals surface area contributed by atoms with Crippen molar-refractivity contribution in [2.24, 2.45) is 0 Å². The third kappa shape index (κ3) is 11.5. The fourth-order valence-electron chi connectivity index (χ4n) is 2.84. The van der Waals surface area contributed by atoms with Crippen molar-refractivity contribution < 1.29 is 47.6 Å². The van der Waals surface area contributed by atoms with Crippen molar-refractivity contribution in [3.8, 4) is 11.5 Å². The number of hydrogen-bond donors (Lipinski definition) is 2. The SMILES string of the molecule is C=CC(=O)OCCOCCNC(=O)Oc1ccc2c(OC(=O)NCCOCCOC(=O)C=C)cccc2c1. The molecular weight excluding hydrogens is 500 g/mol. The Morgan fingerprint density at radius 3 is 1.87 bits per heavy atom. The maximum absolute atomic E-state index is 12.1.